The molecule has 0 saturated carbocycles. The molecule has 0 amide bonds. The third kappa shape index (κ3) is 6.54. The molecule has 21 heavy (non-hydrogen) atoms. The van der Waals surface area contributed by atoms with Gasteiger partial charge in [-0.25, -0.2) is 17.1 Å². The summed E-state index contributed by atoms with van der Waals surface area (Å²) in [6, 6.07) is 6.84. The molecule has 0 aliphatic rings. The number of halogens is 1. The third-order valence-electron chi connectivity index (χ3n) is 3.60. The van der Waals surface area contributed by atoms with Gasteiger partial charge in [0.1, 0.15) is 5.82 Å². The summed E-state index contributed by atoms with van der Waals surface area (Å²) in [6.45, 7) is 6.15. The normalized spacial score (nSPS) is 12.6. The van der Waals surface area contributed by atoms with Crippen molar-refractivity contribution >= 4 is 10.0 Å². The van der Waals surface area contributed by atoms with Gasteiger partial charge in [0.25, 0.3) is 0 Å². The Morgan fingerprint density at radius 2 is 1.67 bits per heavy atom. The van der Waals surface area contributed by atoms with E-state index >= 15 is 0 Å². The van der Waals surface area contributed by atoms with Gasteiger partial charge in [-0.2, -0.15) is 0 Å². The van der Waals surface area contributed by atoms with Crippen molar-refractivity contribution in [2.24, 2.45) is 0 Å². The minimum absolute atomic E-state index is 0.228. The molecule has 0 aliphatic heterocycles. The number of likely N-dealkylation sites (N-methyl/N-ethyl adjacent to an activating group) is 1. The van der Waals surface area contributed by atoms with Crippen LogP contribution >= 0.6 is 0 Å². The van der Waals surface area contributed by atoms with Crippen LogP contribution in [0.1, 0.15) is 19.4 Å². The van der Waals surface area contributed by atoms with Crippen LogP contribution in [0.4, 0.5) is 4.39 Å². The summed E-state index contributed by atoms with van der Waals surface area (Å²) in [5.74, 6) is -0.228. The van der Waals surface area contributed by atoms with Gasteiger partial charge < -0.3 is 0 Å². The number of hydrogen-bond donors (Lipinski definition) is 0. The average molecular weight is 316 g/mol. The zero-order valence-electron chi connectivity index (χ0n) is 13.2. The van der Waals surface area contributed by atoms with Crippen LogP contribution in [0.2, 0.25) is 0 Å². The first-order chi connectivity index (χ1) is 9.70. The molecule has 1 aromatic carbocycles. The highest BCUT2D eigenvalue weighted by Gasteiger charge is 2.15. The van der Waals surface area contributed by atoms with E-state index in [0.29, 0.717) is 19.1 Å². The van der Waals surface area contributed by atoms with E-state index in [-0.39, 0.29) is 5.82 Å². The zero-order valence-corrected chi connectivity index (χ0v) is 14.0. The van der Waals surface area contributed by atoms with Crippen LogP contribution in [0.15, 0.2) is 24.3 Å². The Balaban J connectivity index is 2.52. The van der Waals surface area contributed by atoms with Crippen LogP contribution in [0.3, 0.4) is 0 Å². The van der Waals surface area contributed by atoms with E-state index in [0.717, 1.165) is 18.5 Å². The Morgan fingerprint density at radius 3 is 2.14 bits per heavy atom. The highest BCUT2D eigenvalue weighted by atomic mass is 32.2. The van der Waals surface area contributed by atoms with Crippen molar-refractivity contribution in [3.8, 4) is 0 Å². The van der Waals surface area contributed by atoms with Gasteiger partial charge in [-0.15, -0.1) is 0 Å². The Bertz CT molecular complexity index is 529. The van der Waals surface area contributed by atoms with Crippen molar-refractivity contribution in [2.75, 3.05) is 32.9 Å². The molecule has 0 bridgehead atoms. The van der Waals surface area contributed by atoms with Gasteiger partial charge in [-0.3, -0.25) is 4.90 Å². The molecule has 4 nitrogen and oxygen atoms in total. The van der Waals surface area contributed by atoms with Crippen LogP contribution < -0.4 is 0 Å². The Hall–Kier alpha value is -0.980. The van der Waals surface area contributed by atoms with E-state index in [1.807, 2.05) is 0 Å². The smallest absolute Gasteiger partial charge is 0.210 e. The lowest BCUT2D eigenvalue weighted by atomic mass is 10.1. The maximum Gasteiger partial charge on any atom is 0.210 e. The topological polar surface area (TPSA) is 40.6 Å². The Labute approximate surface area is 127 Å². The van der Waals surface area contributed by atoms with Crippen molar-refractivity contribution in [3.63, 3.8) is 0 Å². The second-order valence-electron chi connectivity index (χ2n) is 5.59. The van der Waals surface area contributed by atoms with Crippen LogP contribution in [0, 0.1) is 5.82 Å². The van der Waals surface area contributed by atoms with E-state index in [1.54, 1.807) is 19.2 Å². The molecule has 0 radical (unpaired) electrons. The summed E-state index contributed by atoms with van der Waals surface area (Å²) in [4.78, 5) is 2.23. The molecule has 0 aromatic heterocycles. The number of benzene rings is 1. The van der Waals surface area contributed by atoms with Gasteiger partial charge >= 0.3 is 0 Å². The lowest BCUT2D eigenvalue weighted by molar-refractivity contribution is 0.213. The predicted molar refractivity (Wildman–Crippen MR) is 84.3 cm³/mol. The van der Waals surface area contributed by atoms with E-state index < -0.39 is 10.0 Å². The van der Waals surface area contributed by atoms with Gasteiger partial charge in [0.15, 0.2) is 0 Å². The molecule has 6 heteroatoms. The van der Waals surface area contributed by atoms with Crippen molar-refractivity contribution in [2.45, 2.75) is 26.3 Å². The zero-order chi connectivity index (χ0) is 16.0. The summed E-state index contributed by atoms with van der Waals surface area (Å²) in [6.07, 6.45) is 2.03. The molecule has 0 spiro atoms. The van der Waals surface area contributed by atoms with Crippen LogP contribution in [-0.2, 0) is 16.4 Å². The number of hydrogen-bond acceptors (Lipinski definition) is 3. The van der Waals surface area contributed by atoms with E-state index in [9.17, 15) is 12.8 Å². The first kappa shape index (κ1) is 18.1. The van der Waals surface area contributed by atoms with Crippen molar-refractivity contribution in [1.29, 1.82) is 0 Å². The van der Waals surface area contributed by atoms with Gasteiger partial charge in [-0.1, -0.05) is 12.1 Å². The monoisotopic (exact) mass is 316 g/mol. The molecule has 0 aliphatic carbocycles. The standard InChI is InChI=1S/C15H25FN2O2S/c1-13(2)18(12-11-17(3)21(4,19)20)10-9-14-5-7-15(16)8-6-14/h5-8,13H,9-12H2,1-4H3. The van der Waals surface area contributed by atoms with Gasteiger partial charge in [0, 0.05) is 32.7 Å². The number of sulfonamides is 1. The summed E-state index contributed by atoms with van der Waals surface area (Å²) in [5.41, 5.74) is 1.08. The minimum Gasteiger partial charge on any atom is -0.299 e. The largest absolute Gasteiger partial charge is 0.299 e. The highest BCUT2D eigenvalue weighted by molar-refractivity contribution is 7.88. The fourth-order valence-corrected chi connectivity index (χ4v) is 2.40. The van der Waals surface area contributed by atoms with Gasteiger partial charge in [0.2, 0.25) is 10.0 Å². The third-order valence-corrected chi connectivity index (χ3v) is 4.91. The first-order valence-corrected chi connectivity index (χ1v) is 8.95. The molecule has 0 heterocycles. The number of nitrogens with zero attached hydrogens (tertiary/aromatic N) is 2. The SMILES string of the molecule is CC(C)N(CCc1ccc(F)cc1)CCN(C)S(C)(=O)=O. The molecule has 0 atom stereocenters. The molecule has 0 unspecified atom stereocenters. The predicted octanol–water partition coefficient (Wildman–Crippen LogP) is 1.97. The molecule has 1 aromatic rings. The summed E-state index contributed by atoms with van der Waals surface area (Å²) in [5, 5.41) is 0. The molecular formula is C15H25FN2O2S. The fourth-order valence-electron chi connectivity index (χ4n) is 1.99. The van der Waals surface area contributed by atoms with Crippen molar-refractivity contribution in [3.05, 3.63) is 35.6 Å². The molecule has 120 valence electrons. The van der Waals surface area contributed by atoms with E-state index in [4.69, 9.17) is 0 Å². The molecule has 0 N–H and O–H groups in total. The molecule has 0 fully saturated rings. The van der Waals surface area contributed by atoms with Crippen LogP contribution in [0.5, 0.6) is 0 Å². The van der Waals surface area contributed by atoms with E-state index in [1.165, 1.54) is 22.7 Å². The van der Waals surface area contributed by atoms with Crippen LogP contribution in [-0.4, -0.2) is 56.6 Å². The van der Waals surface area contributed by atoms with Crippen molar-refractivity contribution in [1.82, 2.24) is 9.21 Å². The second-order valence-corrected chi connectivity index (χ2v) is 7.68. The number of rotatable bonds is 8. The fraction of sp³-hybridized carbons (Fsp3) is 0.600. The van der Waals surface area contributed by atoms with E-state index in [2.05, 4.69) is 18.7 Å². The summed E-state index contributed by atoms with van der Waals surface area (Å²) >= 11 is 0. The molecule has 1 rings (SSSR count). The van der Waals surface area contributed by atoms with Gasteiger partial charge in [0.05, 0.1) is 6.26 Å². The quantitative estimate of drug-likeness (QED) is 0.736. The average Bonchev–Trinajstić information content (AvgIpc) is 2.38. The van der Waals surface area contributed by atoms with Crippen molar-refractivity contribution < 1.29 is 12.8 Å². The Morgan fingerprint density at radius 1 is 1.10 bits per heavy atom. The van der Waals surface area contributed by atoms with Gasteiger partial charge in [-0.05, 0) is 38.0 Å². The molecule has 0 saturated heterocycles. The molecular weight excluding hydrogens is 291 g/mol. The second kappa shape index (κ2) is 7.87. The summed E-state index contributed by atoms with van der Waals surface area (Å²) in [7, 11) is -1.54. The summed E-state index contributed by atoms with van der Waals surface area (Å²) < 4.78 is 37.0. The minimum atomic E-state index is -3.13. The van der Waals surface area contributed by atoms with Crippen LogP contribution in [0.25, 0.3) is 0 Å². The Kier molecular flexibility index (Phi) is 6.77. The lowest BCUT2D eigenvalue weighted by Crippen LogP contribution is -2.40. The first-order valence-electron chi connectivity index (χ1n) is 7.10. The highest BCUT2D eigenvalue weighted by Crippen LogP contribution is 2.07. The lowest BCUT2D eigenvalue weighted by Gasteiger charge is -2.28. The maximum absolute atomic E-state index is 12.9. The maximum atomic E-state index is 12.9.